The molecule has 1 aliphatic rings. The van der Waals surface area contributed by atoms with E-state index in [1.54, 1.807) is 0 Å². The van der Waals surface area contributed by atoms with Gasteiger partial charge in [0.05, 0.1) is 18.3 Å². The average molecular weight is 488 g/mol. The third-order valence-electron chi connectivity index (χ3n) is 4.37. The normalized spacial score (nSPS) is 17.6. The summed E-state index contributed by atoms with van der Waals surface area (Å²) >= 11 is 0. The van der Waals surface area contributed by atoms with Crippen molar-refractivity contribution in [3.8, 4) is 0 Å². The Morgan fingerprint density at radius 2 is 1.96 bits per heavy atom. The highest BCUT2D eigenvalue weighted by Crippen LogP contribution is 2.18. The SMILES string of the molecule is I.NC(=NCc1ccccc1CN1CCC(O)C1)Nc1cc(F)ccc1F. The Morgan fingerprint density at radius 3 is 2.67 bits per heavy atom. The second-order valence-electron chi connectivity index (χ2n) is 6.40. The van der Waals surface area contributed by atoms with Crippen LogP contribution in [-0.2, 0) is 13.1 Å². The van der Waals surface area contributed by atoms with E-state index in [2.05, 4.69) is 15.2 Å². The van der Waals surface area contributed by atoms with E-state index in [0.29, 0.717) is 13.1 Å². The van der Waals surface area contributed by atoms with Crippen LogP contribution in [0, 0.1) is 11.6 Å². The number of likely N-dealkylation sites (tertiary alicyclic amines) is 1. The number of guanidine groups is 1. The van der Waals surface area contributed by atoms with Crippen molar-refractivity contribution in [3.05, 3.63) is 65.2 Å². The molecule has 4 N–H and O–H groups in total. The van der Waals surface area contributed by atoms with Crippen LogP contribution in [0.1, 0.15) is 17.5 Å². The van der Waals surface area contributed by atoms with Gasteiger partial charge in [0.25, 0.3) is 0 Å². The predicted octanol–water partition coefficient (Wildman–Crippen LogP) is 3.08. The number of halogens is 3. The molecule has 2 aromatic carbocycles. The van der Waals surface area contributed by atoms with Gasteiger partial charge in [0.15, 0.2) is 5.96 Å². The predicted molar refractivity (Wildman–Crippen MR) is 113 cm³/mol. The Bertz CT molecular complexity index is 803. The van der Waals surface area contributed by atoms with Crippen LogP contribution in [0.5, 0.6) is 0 Å². The minimum absolute atomic E-state index is 0. The molecule has 1 aliphatic heterocycles. The first kappa shape index (κ1) is 21.5. The molecule has 0 radical (unpaired) electrons. The van der Waals surface area contributed by atoms with Crippen LogP contribution in [0.4, 0.5) is 14.5 Å². The summed E-state index contributed by atoms with van der Waals surface area (Å²) < 4.78 is 26.9. The molecule has 5 nitrogen and oxygen atoms in total. The first-order valence-corrected chi connectivity index (χ1v) is 8.50. The molecule has 0 aromatic heterocycles. The monoisotopic (exact) mass is 488 g/mol. The first-order valence-electron chi connectivity index (χ1n) is 8.50. The zero-order valence-electron chi connectivity index (χ0n) is 14.7. The molecule has 2 aromatic rings. The molecule has 0 spiro atoms. The standard InChI is InChI=1S/C19H22F2N4O.HI/c20-15-5-6-17(21)18(9-15)24-19(22)23-10-13-3-1-2-4-14(13)11-25-8-7-16(26)12-25;/h1-6,9,16,26H,7-8,10-12H2,(H3,22,23,24);1H. The summed E-state index contributed by atoms with van der Waals surface area (Å²) in [5.74, 6) is -1.14. The van der Waals surface area contributed by atoms with E-state index < -0.39 is 11.6 Å². The quantitative estimate of drug-likeness (QED) is 0.344. The van der Waals surface area contributed by atoms with Crippen LogP contribution >= 0.6 is 24.0 Å². The lowest BCUT2D eigenvalue weighted by Crippen LogP contribution is -2.24. The molecule has 27 heavy (non-hydrogen) atoms. The highest BCUT2D eigenvalue weighted by molar-refractivity contribution is 14.0. The first-order chi connectivity index (χ1) is 12.5. The summed E-state index contributed by atoms with van der Waals surface area (Å²) in [4.78, 5) is 6.43. The van der Waals surface area contributed by atoms with Crippen LogP contribution < -0.4 is 11.1 Å². The Balaban J connectivity index is 0.00000261. The van der Waals surface area contributed by atoms with Crippen molar-refractivity contribution in [3.63, 3.8) is 0 Å². The lowest BCUT2D eigenvalue weighted by Gasteiger charge is -2.17. The van der Waals surface area contributed by atoms with E-state index in [1.807, 2.05) is 24.3 Å². The number of nitrogens with zero attached hydrogens (tertiary/aromatic N) is 2. The highest BCUT2D eigenvalue weighted by Gasteiger charge is 2.20. The summed E-state index contributed by atoms with van der Waals surface area (Å²) in [6.45, 7) is 2.58. The molecule has 1 saturated heterocycles. The Labute approximate surface area is 174 Å². The molecule has 0 amide bonds. The van der Waals surface area contributed by atoms with E-state index in [-0.39, 0.29) is 41.7 Å². The van der Waals surface area contributed by atoms with Gasteiger partial charge in [0, 0.05) is 25.7 Å². The van der Waals surface area contributed by atoms with Gasteiger partial charge in [-0.15, -0.1) is 24.0 Å². The third kappa shape index (κ3) is 6.12. The number of aliphatic hydroxyl groups is 1. The maximum atomic E-state index is 13.7. The largest absolute Gasteiger partial charge is 0.392 e. The number of hydrogen-bond donors (Lipinski definition) is 3. The molecule has 3 rings (SSSR count). The van der Waals surface area contributed by atoms with Gasteiger partial charge in [-0.05, 0) is 29.7 Å². The smallest absolute Gasteiger partial charge is 0.193 e. The number of rotatable bonds is 5. The van der Waals surface area contributed by atoms with Crippen molar-refractivity contribution in [2.45, 2.75) is 25.6 Å². The number of benzene rings is 2. The van der Waals surface area contributed by atoms with Crippen molar-refractivity contribution in [2.24, 2.45) is 10.7 Å². The van der Waals surface area contributed by atoms with Crippen LogP contribution in [0.3, 0.4) is 0 Å². The lowest BCUT2D eigenvalue weighted by atomic mass is 10.1. The topological polar surface area (TPSA) is 73.9 Å². The molecule has 8 heteroatoms. The molecular formula is C19H23F2IN4O. The molecular weight excluding hydrogens is 465 g/mol. The number of anilines is 1. The van der Waals surface area contributed by atoms with Crippen LogP contribution in [0.2, 0.25) is 0 Å². The molecule has 1 atom stereocenters. The lowest BCUT2D eigenvalue weighted by molar-refractivity contribution is 0.174. The van der Waals surface area contributed by atoms with Gasteiger partial charge in [0.1, 0.15) is 11.6 Å². The Kier molecular flexibility index (Phi) is 7.93. The zero-order valence-corrected chi connectivity index (χ0v) is 17.1. The van der Waals surface area contributed by atoms with E-state index in [4.69, 9.17) is 5.73 Å². The highest BCUT2D eigenvalue weighted by atomic mass is 127. The van der Waals surface area contributed by atoms with Crippen molar-refractivity contribution in [1.82, 2.24) is 4.90 Å². The number of β-amino-alcohol motifs (C(OH)–C–C–N with tert-alkyl or cyclic N) is 1. The Hall–Kier alpha value is -1.78. The van der Waals surface area contributed by atoms with E-state index >= 15 is 0 Å². The minimum Gasteiger partial charge on any atom is -0.392 e. The number of aliphatic hydroxyl groups excluding tert-OH is 1. The fourth-order valence-electron chi connectivity index (χ4n) is 3.00. The number of hydrogen-bond acceptors (Lipinski definition) is 3. The maximum Gasteiger partial charge on any atom is 0.193 e. The summed E-state index contributed by atoms with van der Waals surface area (Å²) in [5, 5.41) is 12.2. The van der Waals surface area contributed by atoms with Gasteiger partial charge in [-0.2, -0.15) is 0 Å². The molecule has 146 valence electrons. The van der Waals surface area contributed by atoms with Crippen LogP contribution in [0.15, 0.2) is 47.5 Å². The minimum atomic E-state index is -0.599. The maximum absolute atomic E-state index is 13.7. The van der Waals surface area contributed by atoms with Crippen LogP contribution in [-0.4, -0.2) is 35.2 Å². The molecule has 1 fully saturated rings. The van der Waals surface area contributed by atoms with Gasteiger partial charge in [-0.25, -0.2) is 13.8 Å². The van der Waals surface area contributed by atoms with E-state index in [1.165, 1.54) is 0 Å². The second kappa shape index (κ2) is 9.95. The molecule has 0 bridgehead atoms. The number of nitrogens with one attached hydrogen (secondary N) is 1. The second-order valence-corrected chi connectivity index (χ2v) is 6.40. The Morgan fingerprint density at radius 1 is 1.22 bits per heavy atom. The van der Waals surface area contributed by atoms with Gasteiger partial charge < -0.3 is 16.2 Å². The average Bonchev–Trinajstić information content (AvgIpc) is 3.02. The molecule has 0 saturated carbocycles. The van der Waals surface area contributed by atoms with E-state index in [0.717, 1.165) is 48.8 Å². The third-order valence-corrected chi connectivity index (χ3v) is 4.37. The zero-order chi connectivity index (χ0) is 18.5. The van der Waals surface area contributed by atoms with Gasteiger partial charge >= 0.3 is 0 Å². The summed E-state index contributed by atoms with van der Waals surface area (Å²) in [6, 6.07) is 11.0. The van der Waals surface area contributed by atoms with Gasteiger partial charge in [0.2, 0.25) is 0 Å². The summed E-state index contributed by atoms with van der Waals surface area (Å²) in [7, 11) is 0. The fraction of sp³-hybridized carbons (Fsp3) is 0.316. The van der Waals surface area contributed by atoms with Crippen molar-refractivity contribution in [1.29, 1.82) is 0 Å². The van der Waals surface area contributed by atoms with E-state index in [9.17, 15) is 13.9 Å². The van der Waals surface area contributed by atoms with Crippen molar-refractivity contribution in [2.75, 3.05) is 18.4 Å². The molecule has 1 unspecified atom stereocenters. The van der Waals surface area contributed by atoms with Crippen molar-refractivity contribution >= 4 is 35.6 Å². The number of aliphatic imine (C=N–C) groups is 1. The van der Waals surface area contributed by atoms with Gasteiger partial charge in [-0.3, -0.25) is 4.90 Å². The molecule has 1 heterocycles. The van der Waals surface area contributed by atoms with Crippen LogP contribution in [0.25, 0.3) is 0 Å². The number of nitrogens with two attached hydrogens (primary N) is 1. The molecule has 0 aliphatic carbocycles. The van der Waals surface area contributed by atoms with Crippen molar-refractivity contribution < 1.29 is 13.9 Å². The summed E-state index contributed by atoms with van der Waals surface area (Å²) in [6.07, 6.45) is 0.525. The summed E-state index contributed by atoms with van der Waals surface area (Å²) in [5.41, 5.74) is 7.87. The fourth-order valence-corrected chi connectivity index (χ4v) is 3.00. The van der Waals surface area contributed by atoms with Gasteiger partial charge in [-0.1, -0.05) is 24.3 Å².